The van der Waals surface area contributed by atoms with Gasteiger partial charge in [0, 0.05) is 12.0 Å². The number of rotatable bonds is 3. The molecule has 0 bridgehead atoms. The second kappa shape index (κ2) is 4.93. The first-order valence-corrected chi connectivity index (χ1v) is 6.81. The van der Waals surface area contributed by atoms with E-state index in [4.69, 9.17) is 4.74 Å². The van der Waals surface area contributed by atoms with Gasteiger partial charge in [0.05, 0.1) is 7.11 Å². The fraction of sp³-hybridized carbons (Fsp3) is 0.625. The molecule has 100 valence electrons. The summed E-state index contributed by atoms with van der Waals surface area (Å²) in [5.41, 5.74) is 2.03. The van der Waals surface area contributed by atoms with E-state index in [9.17, 15) is 0 Å². The predicted octanol–water partition coefficient (Wildman–Crippen LogP) is 3.36. The van der Waals surface area contributed by atoms with Crippen LogP contribution in [0.15, 0.2) is 24.3 Å². The third kappa shape index (κ3) is 2.86. The van der Waals surface area contributed by atoms with Crippen LogP contribution in [0.4, 0.5) is 0 Å². The third-order valence-electron chi connectivity index (χ3n) is 3.79. The first-order chi connectivity index (χ1) is 8.45. The number of ether oxygens (including phenoxy) is 1. The molecule has 0 spiro atoms. The predicted molar refractivity (Wildman–Crippen MR) is 76.2 cm³/mol. The van der Waals surface area contributed by atoms with Crippen molar-refractivity contribution in [2.24, 2.45) is 5.41 Å². The molecule has 0 radical (unpaired) electrons. The number of hydrogen-bond donors (Lipinski definition) is 1. The van der Waals surface area contributed by atoms with E-state index in [0.717, 1.165) is 18.8 Å². The highest BCUT2D eigenvalue weighted by Crippen LogP contribution is 2.41. The van der Waals surface area contributed by atoms with Gasteiger partial charge in [0.2, 0.25) is 0 Å². The number of hydrogen-bond acceptors (Lipinski definition) is 2. The first-order valence-electron chi connectivity index (χ1n) is 6.81. The molecule has 0 unspecified atom stereocenters. The summed E-state index contributed by atoms with van der Waals surface area (Å²) in [5.74, 6) is 0.965. The van der Waals surface area contributed by atoms with E-state index >= 15 is 0 Å². The molecule has 0 amide bonds. The van der Waals surface area contributed by atoms with Crippen molar-refractivity contribution in [2.75, 3.05) is 20.2 Å². The van der Waals surface area contributed by atoms with Crippen LogP contribution in [0.2, 0.25) is 0 Å². The van der Waals surface area contributed by atoms with E-state index in [-0.39, 0.29) is 5.41 Å². The Labute approximate surface area is 111 Å². The van der Waals surface area contributed by atoms with Gasteiger partial charge >= 0.3 is 0 Å². The zero-order chi connectivity index (χ0) is 13.2. The van der Waals surface area contributed by atoms with Gasteiger partial charge in [-0.2, -0.15) is 0 Å². The summed E-state index contributed by atoms with van der Waals surface area (Å²) in [4.78, 5) is 0. The summed E-state index contributed by atoms with van der Waals surface area (Å²) in [5, 5.41) is 3.53. The molecule has 1 atom stereocenters. The lowest BCUT2D eigenvalue weighted by atomic mass is 9.69. The molecule has 0 aromatic heterocycles. The van der Waals surface area contributed by atoms with E-state index in [1.54, 1.807) is 7.11 Å². The minimum atomic E-state index is 0.271. The summed E-state index contributed by atoms with van der Waals surface area (Å²) in [6, 6.07) is 8.59. The largest absolute Gasteiger partial charge is 0.497 e. The molecule has 1 aromatic rings. The van der Waals surface area contributed by atoms with Crippen LogP contribution < -0.4 is 10.1 Å². The maximum absolute atomic E-state index is 5.37. The molecule has 1 aromatic carbocycles. The fourth-order valence-corrected chi connectivity index (χ4v) is 3.21. The molecule has 2 heteroatoms. The molecular weight excluding hydrogens is 222 g/mol. The minimum Gasteiger partial charge on any atom is -0.497 e. The van der Waals surface area contributed by atoms with Gasteiger partial charge in [-0.25, -0.2) is 0 Å². The Morgan fingerprint density at radius 3 is 2.67 bits per heavy atom. The molecule has 0 saturated carbocycles. The lowest BCUT2D eigenvalue weighted by Gasteiger charge is -2.35. The van der Waals surface area contributed by atoms with Gasteiger partial charge in [-0.15, -0.1) is 0 Å². The highest BCUT2D eigenvalue weighted by atomic mass is 16.5. The van der Waals surface area contributed by atoms with Gasteiger partial charge in [0.25, 0.3) is 0 Å². The lowest BCUT2D eigenvalue weighted by molar-refractivity contribution is 0.266. The van der Waals surface area contributed by atoms with Crippen molar-refractivity contribution in [1.29, 1.82) is 0 Å². The van der Waals surface area contributed by atoms with E-state index in [1.165, 1.54) is 18.4 Å². The number of benzene rings is 1. The molecule has 2 nitrogen and oxygen atoms in total. The Morgan fingerprint density at radius 1 is 1.33 bits per heavy atom. The van der Waals surface area contributed by atoms with Crippen LogP contribution in [0, 0.1) is 5.41 Å². The van der Waals surface area contributed by atoms with Gasteiger partial charge in [-0.3, -0.25) is 0 Å². The van der Waals surface area contributed by atoms with Crippen molar-refractivity contribution in [3.63, 3.8) is 0 Å². The van der Waals surface area contributed by atoms with Crippen molar-refractivity contribution in [2.45, 2.75) is 39.0 Å². The number of nitrogens with one attached hydrogen (secondary N) is 1. The van der Waals surface area contributed by atoms with Gasteiger partial charge in [0.15, 0.2) is 0 Å². The van der Waals surface area contributed by atoms with E-state index in [1.807, 2.05) is 6.07 Å². The van der Waals surface area contributed by atoms with Gasteiger partial charge < -0.3 is 10.1 Å². The van der Waals surface area contributed by atoms with Gasteiger partial charge in [-0.05, 0) is 42.5 Å². The average Bonchev–Trinajstić information content (AvgIpc) is 2.76. The van der Waals surface area contributed by atoms with E-state index < -0.39 is 0 Å². The van der Waals surface area contributed by atoms with Crippen molar-refractivity contribution in [3.05, 3.63) is 29.8 Å². The van der Waals surface area contributed by atoms with Crippen molar-refractivity contribution < 1.29 is 4.74 Å². The zero-order valence-electron chi connectivity index (χ0n) is 12.0. The topological polar surface area (TPSA) is 21.3 Å². The first kappa shape index (κ1) is 13.4. The summed E-state index contributed by atoms with van der Waals surface area (Å²) in [7, 11) is 1.74. The Morgan fingerprint density at radius 2 is 2.11 bits per heavy atom. The van der Waals surface area contributed by atoms with Crippen LogP contribution in [0.25, 0.3) is 0 Å². The normalized spacial score (nSPS) is 24.2. The Bertz CT molecular complexity index is 400. The van der Waals surface area contributed by atoms with Crippen LogP contribution in [0.1, 0.15) is 39.2 Å². The van der Waals surface area contributed by atoms with Crippen LogP contribution in [-0.2, 0) is 5.41 Å². The van der Waals surface area contributed by atoms with Crippen LogP contribution in [-0.4, -0.2) is 20.2 Å². The van der Waals surface area contributed by atoms with E-state index in [0.29, 0.717) is 5.41 Å². The number of methoxy groups -OCH3 is 1. The lowest BCUT2D eigenvalue weighted by Crippen LogP contribution is -2.33. The molecule has 1 aliphatic heterocycles. The Balaban J connectivity index is 2.34. The summed E-state index contributed by atoms with van der Waals surface area (Å²) in [6.07, 6.45) is 2.43. The highest BCUT2D eigenvalue weighted by Gasteiger charge is 2.38. The van der Waals surface area contributed by atoms with Crippen LogP contribution in [0.5, 0.6) is 5.75 Å². The Hall–Kier alpha value is -1.02. The van der Waals surface area contributed by atoms with Gasteiger partial charge in [0.1, 0.15) is 5.75 Å². The smallest absolute Gasteiger partial charge is 0.119 e. The molecule has 1 fully saturated rings. The van der Waals surface area contributed by atoms with Crippen molar-refractivity contribution in [3.8, 4) is 5.75 Å². The SMILES string of the molecule is COc1cccc([C@@]2(CC(C)(C)C)CCNC2)c1. The fourth-order valence-electron chi connectivity index (χ4n) is 3.21. The van der Waals surface area contributed by atoms with Crippen molar-refractivity contribution in [1.82, 2.24) is 5.32 Å². The molecule has 2 rings (SSSR count). The molecule has 1 heterocycles. The third-order valence-corrected chi connectivity index (χ3v) is 3.79. The molecule has 1 saturated heterocycles. The maximum Gasteiger partial charge on any atom is 0.119 e. The Kier molecular flexibility index (Phi) is 3.67. The molecular formula is C16H25NO. The standard InChI is InChI=1S/C16H25NO/c1-15(2,3)11-16(8-9-17-12-16)13-6-5-7-14(10-13)18-4/h5-7,10,17H,8-9,11-12H2,1-4H3/t16-/m1/s1. The maximum atomic E-state index is 5.37. The van der Waals surface area contributed by atoms with Crippen LogP contribution >= 0.6 is 0 Å². The van der Waals surface area contributed by atoms with Gasteiger partial charge in [-0.1, -0.05) is 32.9 Å². The average molecular weight is 247 g/mol. The van der Waals surface area contributed by atoms with Crippen LogP contribution in [0.3, 0.4) is 0 Å². The summed E-state index contributed by atoms with van der Waals surface area (Å²) >= 11 is 0. The quantitative estimate of drug-likeness (QED) is 0.884. The minimum absolute atomic E-state index is 0.271. The molecule has 1 N–H and O–H groups in total. The molecule has 18 heavy (non-hydrogen) atoms. The second-order valence-corrected chi connectivity index (χ2v) is 6.68. The summed E-state index contributed by atoms with van der Waals surface area (Å²) < 4.78 is 5.37. The molecule has 1 aliphatic rings. The van der Waals surface area contributed by atoms with E-state index in [2.05, 4.69) is 44.3 Å². The molecule has 0 aliphatic carbocycles. The highest BCUT2D eigenvalue weighted by molar-refractivity contribution is 5.35. The van der Waals surface area contributed by atoms with Crippen molar-refractivity contribution >= 4 is 0 Å². The second-order valence-electron chi connectivity index (χ2n) is 6.68. The monoisotopic (exact) mass is 247 g/mol. The summed E-state index contributed by atoms with van der Waals surface area (Å²) in [6.45, 7) is 9.18. The zero-order valence-corrected chi connectivity index (χ0v) is 12.0.